The summed E-state index contributed by atoms with van der Waals surface area (Å²) in [6, 6.07) is 15.3. The molecule has 0 fully saturated rings. The Kier molecular flexibility index (Phi) is 4.52. The predicted octanol–water partition coefficient (Wildman–Crippen LogP) is 3.90. The average molecular weight is 391 g/mol. The summed E-state index contributed by atoms with van der Waals surface area (Å²) in [5, 5.41) is 10.7. The Morgan fingerprint density at radius 2 is 1.69 bits per heavy atom. The zero-order valence-corrected chi connectivity index (χ0v) is 15.0. The zero-order chi connectivity index (χ0) is 20.5. The number of rotatable bonds is 3. The van der Waals surface area contributed by atoms with Crippen molar-refractivity contribution < 1.29 is 13.9 Å². The SMILES string of the molecule is NC(=Nc1nc(-c2ccccc2O)nc2ccccc12)c1cc(F)cc(F)c1N. The molecule has 0 aliphatic heterocycles. The molecule has 0 unspecified atom stereocenters. The van der Waals surface area contributed by atoms with Gasteiger partial charge in [0.25, 0.3) is 0 Å². The first-order valence-corrected chi connectivity index (χ1v) is 8.58. The fraction of sp³-hybridized carbons (Fsp3) is 0. The number of phenolic OH excluding ortho intramolecular Hbond substituents is 1. The number of para-hydroxylation sites is 2. The molecule has 0 amide bonds. The summed E-state index contributed by atoms with van der Waals surface area (Å²) in [5.74, 6) is -1.55. The molecular formula is C21H15F2N5O. The molecule has 8 heteroatoms. The van der Waals surface area contributed by atoms with E-state index in [0.717, 1.165) is 6.07 Å². The Bertz CT molecular complexity index is 1270. The molecule has 0 aliphatic rings. The van der Waals surface area contributed by atoms with Crippen molar-refractivity contribution >= 4 is 28.2 Å². The molecule has 144 valence electrons. The number of benzene rings is 3. The number of hydrogen-bond donors (Lipinski definition) is 3. The summed E-state index contributed by atoms with van der Waals surface area (Å²) in [5.41, 5.74) is 12.3. The van der Waals surface area contributed by atoms with Crippen LogP contribution in [0.5, 0.6) is 5.75 Å². The Hall–Kier alpha value is -4.07. The molecule has 0 atom stereocenters. The first-order valence-electron chi connectivity index (χ1n) is 8.58. The molecular weight excluding hydrogens is 376 g/mol. The van der Waals surface area contributed by atoms with Gasteiger partial charge in [-0.25, -0.2) is 23.7 Å². The van der Waals surface area contributed by atoms with Gasteiger partial charge in [0, 0.05) is 17.0 Å². The molecule has 6 nitrogen and oxygen atoms in total. The van der Waals surface area contributed by atoms with Crippen LogP contribution in [0.25, 0.3) is 22.3 Å². The third-order valence-electron chi connectivity index (χ3n) is 4.32. The van der Waals surface area contributed by atoms with E-state index in [1.807, 2.05) is 0 Å². The zero-order valence-electron chi connectivity index (χ0n) is 15.0. The lowest BCUT2D eigenvalue weighted by molar-refractivity contribution is 0.477. The maximum absolute atomic E-state index is 13.8. The van der Waals surface area contributed by atoms with Crippen LogP contribution in [0.3, 0.4) is 0 Å². The second-order valence-corrected chi connectivity index (χ2v) is 6.25. The summed E-state index contributed by atoms with van der Waals surface area (Å²) in [4.78, 5) is 13.1. The van der Waals surface area contributed by atoms with Gasteiger partial charge in [-0.2, -0.15) is 0 Å². The van der Waals surface area contributed by atoms with E-state index in [9.17, 15) is 13.9 Å². The van der Waals surface area contributed by atoms with Crippen molar-refractivity contribution in [3.8, 4) is 17.1 Å². The van der Waals surface area contributed by atoms with Crippen molar-refractivity contribution in [3.63, 3.8) is 0 Å². The first kappa shape index (κ1) is 18.3. The van der Waals surface area contributed by atoms with Crippen LogP contribution >= 0.6 is 0 Å². The molecule has 29 heavy (non-hydrogen) atoms. The Morgan fingerprint density at radius 3 is 2.48 bits per heavy atom. The molecule has 0 radical (unpaired) electrons. The summed E-state index contributed by atoms with van der Waals surface area (Å²) in [6.45, 7) is 0. The van der Waals surface area contributed by atoms with Gasteiger partial charge in [0.1, 0.15) is 23.2 Å². The standard InChI is InChI=1S/C21H15F2N5O/c22-11-9-14(18(24)15(23)10-11)19(25)27-20-12-5-1-3-7-16(12)26-21(28-20)13-6-2-4-8-17(13)29/h1-10,29H,24H2,(H2,25,26,27,28). The number of aromatic nitrogens is 2. The smallest absolute Gasteiger partial charge is 0.166 e. The van der Waals surface area contributed by atoms with Crippen LogP contribution in [-0.2, 0) is 0 Å². The molecule has 3 aromatic carbocycles. The molecule has 0 aliphatic carbocycles. The van der Waals surface area contributed by atoms with E-state index >= 15 is 0 Å². The lowest BCUT2D eigenvalue weighted by Crippen LogP contribution is -2.16. The van der Waals surface area contributed by atoms with E-state index in [2.05, 4.69) is 15.0 Å². The van der Waals surface area contributed by atoms with Gasteiger partial charge in [-0.3, -0.25) is 0 Å². The van der Waals surface area contributed by atoms with Crippen molar-refractivity contribution in [1.82, 2.24) is 9.97 Å². The summed E-state index contributed by atoms with van der Waals surface area (Å²) < 4.78 is 27.4. The van der Waals surface area contributed by atoms with Crippen molar-refractivity contribution in [2.75, 3.05) is 5.73 Å². The highest BCUT2D eigenvalue weighted by Gasteiger charge is 2.15. The van der Waals surface area contributed by atoms with Gasteiger partial charge in [-0.15, -0.1) is 0 Å². The van der Waals surface area contributed by atoms with E-state index in [0.29, 0.717) is 22.5 Å². The highest BCUT2D eigenvalue weighted by molar-refractivity contribution is 6.05. The van der Waals surface area contributed by atoms with Gasteiger partial charge in [0.05, 0.1) is 16.8 Å². The second-order valence-electron chi connectivity index (χ2n) is 6.25. The number of nitrogen functional groups attached to an aromatic ring is 1. The van der Waals surface area contributed by atoms with Gasteiger partial charge in [-0.1, -0.05) is 24.3 Å². The van der Waals surface area contributed by atoms with Gasteiger partial charge < -0.3 is 16.6 Å². The molecule has 5 N–H and O–H groups in total. The van der Waals surface area contributed by atoms with E-state index in [4.69, 9.17) is 11.5 Å². The molecule has 0 bridgehead atoms. The molecule has 1 heterocycles. The number of amidine groups is 1. The molecule has 1 aromatic heterocycles. The highest BCUT2D eigenvalue weighted by atomic mass is 19.1. The van der Waals surface area contributed by atoms with Crippen molar-refractivity contribution in [1.29, 1.82) is 0 Å². The molecule has 4 rings (SSSR count). The van der Waals surface area contributed by atoms with Crippen LogP contribution in [0, 0.1) is 11.6 Å². The minimum atomic E-state index is -0.930. The van der Waals surface area contributed by atoms with Crippen LogP contribution in [0.15, 0.2) is 65.7 Å². The fourth-order valence-electron chi connectivity index (χ4n) is 2.90. The van der Waals surface area contributed by atoms with Crippen LogP contribution in [0.4, 0.5) is 20.3 Å². The number of nitrogens with two attached hydrogens (primary N) is 2. The minimum Gasteiger partial charge on any atom is -0.507 e. The van der Waals surface area contributed by atoms with Crippen molar-refractivity contribution in [3.05, 3.63) is 77.9 Å². The number of hydrogen-bond acceptors (Lipinski definition) is 5. The van der Waals surface area contributed by atoms with Crippen LogP contribution in [0.1, 0.15) is 5.56 Å². The quantitative estimate of drug-likeness (QED) is 0.279. The summed E-state index contributed by atoms with van der Waals surface area (Å²) in [7, 11) is 0. The van der Waals surface area contributed by atoms with Crippen LogP contribution in [0.2, 0.25) is 0 Å². The lowest BCUT2D eigenvalue weighted by atomic mass is 10.1. The minimum absolute atomic E-state index is 0.00197. The van der Waals surface area contributed by atoms with Gasteiger partial charge >= 0.3 is 0 Å². The van der Waals surface area contributed by atoms with Crippen LogP contribution < -0.4 is 11.5 Å². The van der Waals surface area contributed by atoms with Crippen LogP contribution in [-0.4, -0.2) is 20.9 Å². The highest BCUT2D eigenvalue weighted by Crippen LogP contribution is 2.31. The topological polar surface area (TPSA) is 110 Å². The normalized spacial score (nSPS) is 11.7. The van der Waals surface area contributed by atoms with Gasteiger partial charge in [0.15, 0.2) is 11.6 Å². The second kappa shape index (κ2) is 7.16. The number of aliphatic imine (C=N–C) groups is 1. The largest absolute Gasteiger partial charge is 0.507 e. The number of aromatic hydroxyl groups is 1. The lowest BCUT2D eigenvalue weighted by Gasteiger charge is -2.09. The van der Waals surface area contributed by atoms with Crippen molar-refractivity contribution in [2.45, 2.75) is 0 Å². The van der Waals surface area contributed by atoms with E-state index in [1.165, 1.54) is 6.07 Å². The third kappa shape index (κ3) is 3.43. The number of anilines is 1. The van der Waals surface area contributed by atoms with Gasteiger partial charge in [-0.05, 0) is 30.3 Å². The number of nitrogens with zero attached hydrogens (tertiary/aromatic N) is 3. The first-order chi connectivity index (χ1) is 13.9. The fourth-order valence-corrected chi connectivity index (χ4v) is 2.90. The Morgan fingerprint density at radius 1 is 0.966 bits per heavy atom. The van der Waals surface area contributed by atoms with E-state index in [-0.39, 0.29) is 34.5 Å². The number of fused-ring (bicyclic) bond motifs is 1. The number of halogens is 2. The Labute approximate surface area is 164 Å². The molecule has 0 saturated heterocycles. The molecule has 0 spiro atoms. The monoisotopic (exact) mass is 391 g/mol. The summed E-state index contributed by atoms with van der Waals surface area (Å²) >= 11 is 0. The maximum Gasteiger partial charge on any atom is 0.166 e. The predicted molar refractivity (Wildman–Crippen MR) is 108 cm³/mol. The Balaban J connectivity index is 1.94. The molecule has 4 aromatic rings. The summed E-state index contributed by atoms with van der Waals surface area (Å²) in [6.07, 6.45) is 0. The molecule has 0 saturated carbocycles. The van der Waals surface area contributed by atoms with Crippen molar-refractivity contribution in [2.24, 2.45) is 10.7 Å². The van der Waals surface area contributed by atoms with E-state index < -0.39 is 11.6 Å². The number of phenols is 1. The van der Waals surface area contributed by atoms with Gasteiger partial charge in [0.2, 0.25) is 0 Å². The third-order valence-corrected chi connectivity index (χ3v) is 4.32. The van der Waals surface area contributed by atoms with E-state index in [1.54, 1.807) is 42.5 Å². The average Bonchev–Trinajstić information content (AvgIpc) is 2.71. The maximum atomic E-state index is 13.8.